The minimum atomic E-state index is 0. The number of halogens is 1. The van der Waals surface area contributed by atoms with Crippen molar-refractivity contribution in [3.63, 3.8) is 0 Å². The Morgan fingerprint density at radius 3 is 2.44 bits per heavy atom. The summed E-state index contributed by atoms with van der Waals surface area (Å²) in [6.45, 7) is 14.7. The van der Waals surface area contributed by atoms with E-state index in [2.05, 4.69) is 62.2 Å². The molecular formula is C20H42IN5O. The molecule has 2 aliphatic rings. The number of hydrogen-bond donors (Lipinski definition) is 2. The Morgan fingerprint density at radius 2 is 1.85 bits per heavy atom. The second kappa shape index (κ2) is 11.8. The third-order valence-corrected chi connectivity index (χ3v) is 6.56. The van der Waals surface area contributed by atoms with Crippen LogP contribution in [0, 0.1) is 5.41 Å². The molecule has 6 nitrogen and oxygen atoms in total. The standard InChI is InChI=1S/C20H41N5O.HI/c1-7-20(8-2)17(13-18(20)26-10-4)23-19(21-9-3)22-14-16-15-24(5)11-12-25(16)6;/h16-18H,7-15H2,1-6H3,(H2,21,22,23);1H. The second-order valence-corrected chi connectivity index (χ2v) is 7.93. The first-order chi connectivity index (χ1) is 12.5. The van der Waals surface area contributed by atoms with E-state index >= 15 is 0 Å². The van der Waals surface area contributed by atoms with Gasteiger partial charge >= 0.3 is 0 Å². The van der Waals surface area contributed by atoms with Gasteiger partial charge in [-0.2, -0.15) is 0 Å². The van der Waals surface area contributed by atoms with Gasteiger partial charge in [-0.1, -0.05) is 13.8 Å². The Bertz CT molecular complexity index is 458. The van der Waals surface area contributed by atoms with Gasteiger partial charge in [0.25, 0.3) is 0 Å². The van der Waals surface area contributed by atoms with Crippen LogP contribution in [-0.2, 0) is 4.74 Å². The highest BCUT2D eigenvalue weighted by Gasteiger charge is 2.53. The number of ether oxygens (including phenoxy) is 1. The zero-order valence-electron chi connectivity index (χ0n) is 18.3. The molecule has 2 N–H and O–H groups in total. The predicted octanol–water partition coefficient (Wildman–Crippen LogP) is 2.39. The Hall–Kier alpha value is -0.120. The fourth-order valence-electron chi connectivity index (χ4n) is 4.56. The number of nitrogens with one attached hydrogen (secondary N) is 2. The molecular weight excluding hydrogens is 453 g/mol. The first-order valence-corrected chi connectivity index (χ1v) is 10.6. The highest BCUT2D eigenvalue weighted by Crippen LogP contribution is 2.48. The quantitative estimate of drug-likeness (QED) is 0.308. The van der Waals surface area contributed by atoms with E-state index in [0.29, 0.717) is 18.2 Å². The van der Waals surface area contributed by atoms with Crippen LogP contribution in [-0.4, -0.2) is 87.4 Å². The number of hydrogen-bond acceptors (Lipinski definition) is 4. The average Bonchev–Trinajstić information content (AvgIpc) is 2.62. The van der Waals surface area contributed by atoms with Gasteiger partial charge in [0.15, 0.2) is 5.96 Å². The van der Waals surface area contributed by atoms with Crippen LogP contribution in [0.2, 0.25) is 0 Å². The summed E-state index contributed by atoms with van der Waals surface area (Å²) >= 11 is 0. The van der Waals surface area contributed by atoms with Crippen molar-refractivity contribution in [3.8, 4) is 0 Å². The fourth-order valence-corrected chi connectivity index (χ4v) is 4.56. The minimum Gasteiger partial charge on any atom is -0.378 e. The van der Waals surface area contributed by atoms with Gasteiger partial charge in [-0.3, -0.25) is 9.89 Å². The number of piperazine rings is 1. The molecule has 0 radical (unpaired) electrons. The van der Waals surface area contributed by atoms with Crippen LogP contribution in [0.15, 0.2) is 4.99 Å². The molecule has 1 aliphatic heterocycles. The van der Waals surface area contributed by atoms with Crippen molar-refractivity contribution < 1.29 is 4.74 Å². The second-order valence-electron chi connectivity index (χ2n) is 7.93. The van der Waals surface area contributed by atoms with Crippen molar-refractivity contribution in [2.24, 2.45) is 10.4 Å². The minimum absolute atomic E-state index is 0. The number of nitrogens with zero attached hydrogens (tertiary/aromatic N) is 3. The lowest BCUT2D eigenvalue weighted by Gasteiger charge is -2.55. The maximum atomic E-state index is 6.02. The van der Waals surface area contributed by atoms with Crippen molar-refractivity contribution in [2.45, 2.75) is 65.1 Å². The Morgan fingerprint density at radius 1 is 1.15 bits per heavy atom. The van der Waals surface area contributed by atoms with Gasteiger partial charge in [-0.05, 0) is 47.2 Å². The Balaban J connectivity index is 0.00000364. The molecule has 0 bridgehead atoms. The summed E-state index contributed by atoms with van der Waals surface area (Å²) in [5, 5.41) is 7.17. The predicted molar refractivity (Wildman–Crippen MR) is 125 cm³/mol. The molecule has 0 amide bonds. The van der Waals surface area contributed by atoms with E-state index in [0.717, 1.165) is 64.6 Å². The van der Waals surface area contributed by atoms with E-state index in [4.69, 9.17) is 9.73 Å². The molecule has 1 aliphatic carbocycles. The monoisotopic (exact) mass is 495 g/mol. The lowest BCUT2D eigenvalue weighted by molar-refractivity contribution is -0.133. The molecule has 1 saturated heterocycles. The molecule has 0 spiro atoms. The lowest BCUT2D eigenvalue weighted by Crippen LogP contribution is -2.65. The summed E-state index contributed by atoms with van der Waals surface area (Å²) in [5.41, 5.74) is 0.230. The van der Waals surface area contributed by atoms with Gasteiger partial charge in [0.2, 0.25) is 0 Å². The van der Waals surface area contributed by atoms with Gasteiger partial charge in [-0.15, -0.1) is 24.0 Å². The van der Waals surface area contributed by atoms with Crippen molar-refractivity contribution >= 4 is 29.9 Å². The topological polar surface area (TPSA) is 52.1 Å². The van der Waals surface area contributed by atoms with E-state index in [1.165, 1.54) is 0 Å². The zero-order chi connectivity index (χ0) is 19.2. The third kappa shape index (κ3) is 5.93. The van der Waals surface area contributed by atoms with Crippen LogP contribution in [0.25, 0.3) is 0 Å². The van der Waals surface area contributed by atoms with Gasteiger partial charge in [0, 0.05) is 50.3 Å². The van der Waals surface area contributed by atoms with Crippen LogP contribution < -0.4 is 10.6 Å². The van der Waals surface area contributed by atoms with Gasteiger partial charge in [0.1, 0.15) is 0 Å². The van der Waals surface area contributed by atoms with Crippen LogP contribution in [0.3, 0.4) is 0 Å². The van der Waals surface area contributed by atoms with Crippen LogP contribution in [0.5, 0.6) is 0 Å². The summed E-state index contributed by atoms with van der Waals surface area (Å²) in [6.07, 6.45) is 3.73. The number of aliphatic imine (C=N–C) groups is 1. The molecule has 3 atom stereocenters. The molecule has 0 aromatic rings. The molecule has 1 saturated carbocycles. The molecule has 160 valence electrons. The molecule has 3 unspecified atom stereocenters. The molecule has 0 aromatic heterocycles. The SMILES string of the molecule is CCNC(=NCC1CN(C)CCN1C)NC1CC(OCC)C1(CC)CC.I. The first kappa shape index (κ1) is 24.9. The first-order valence-electron chi connectivity index (χ1n) is 10.6. The highest BCUT2D eigenvalue weighted by atomic mass is 127. The maximum absolute atomic E-state index is 6.02. The normalized spacial score (nSPS) is 29.0. The zero-order valence-corrected chi connectivity index (χ0v) is 20.6. The smallest absolute Gasteiger partial charge is 0.191 e. The third-order valence-electron chi connectivity index (χ3n) is 6.56. The van der Waals surface area contributed by atoms with Crippen LogP contribution in [0.4, 0.5) is 0 Å². The van der Waals surface area contributed by atoms with Crippen LogP contribution in [0.1, 0.15) is 47.0 Å². The summed E-state index contributed by atoms with van der Waals surface area (Å²) in [4.78, 5) is 9.77. The summed E-state index contributed by atoms with van der Waals surface area (Å²) in [6, 6.07) is 0.933. The number of rotatable bonds is 8. The van der Waals surface area contributed by atoms with Gasteiger partial charge in [0.05, 0.1) is 12.6 Å². The van der Waals surface area contributed by atoms with E-state index in [1.54, 1.807) is 0 Å². The Labute approximate surface area is 183 Å². The van der Waals surface area contributed by atoms with Crippen LogP contribution >= 0.6 is 24.0 Å². The molecule has 0 aromatic carbocycles. The molecule has 2 fully saturated rings. The van der Waals surface area contributed by atoms with E-state index in [1.807, 2.05) is 0 Å². The van der Waals surface area contributed by atoms with Crippen molar-refractivity contribution in [2.75, 3.05) is 53.4 Å². The molecule has 1 heterocycles. The lowest BCUT2D eigenvalue weighted by atomic mass is 9.58. The molecule has 7 heteroatoms. The van der Waals surface area contributed by atoms with E-state index < -0.39 is 0 Å². The molecule has 27 heavy (non-hydrogen) atoms. The summed E-state index contributed by atoms with van der Waals surface area (Å²) in [7, 11) is 4.41. The van der Waals surface area contributed by atoms with E-state index in [-0.39, 0.29) is 29.4 Å². The maximum Gasteiger partial charge on any atom is 0.191 e. The number of likely N-dealkylation sites (N-methyl/N-ethyl adjacent to an activating group) is 2. The number of guanidine groups is 1. The van der Waals surface area contributed by atoms with Gasteiger partial charge in [-0.25, -0.2) is 0 Å². The summed E-state index contributed by atoms with van der Waals surface area (Å²) in [5.74, 6) is 0.959. The Kier molecular flexibility index (Phi) is 10.9. The van der Waals surface area contributed by atoms with Crippen molar-refractivity contribution in [3.05, 3.63) is 0 Å². The van der Waals surface area contributed by atoms with Crippen molar-refractivity contribution in [1.29, 1.82) is 0 Å². The fraction of sp³-hybridized carbons (Fsp3) is 0.950. The van der Waals surface area contributed by atoms with E-state index in [9.17, 15) is 0 Å². The average molecular weight is 495 g/mol. The largest absolute Gasteiger partial charge is 0.378 e. The van der Waals surface area contributed by atoms with Crippen molar-refractivity contribution in [1.82, 2.24) is 20.4 Å². The summed E-state index contributed by atoms with van der Waals surface area (Å²) < 4.78 is 6.02. The highest BCUT2D eigenvalue weighted by molar-refractivity contribution is 14.0. The van der Waals surface area contributed by atoms with Gasteiger partial charge < -0.3 is 20.3 Å². The molecule has 2 rings (SSSR count).